The molecule has 1 atom stereocenters. The second kappa shape index (κ2) is 3.34. The highest BCUT2D eigenvalue weighted by molar-refractivity contribution is 9.10. The van der Waals surface area contributed by atoms with Gasteiger partial charge < -0.3 is 5.11 Å². The third kappa shape index (κ3) is 1.54. The second-order valence-electron chi connectivity index (χ2n) is 3.61. The van der Waals surface area contributed by atoms with Gasteiger partial charge in [-0.1, -0.05) is 0 Å². The maximum absolute atomic E-state index is 9.95. The molecule has 0 saturated heterocycles. The summed E-state index contributed by atoms with van der Waals surface area (Å²) < 4.78 is 0.822. The highest BCUT2D eigenvalue weighted by Crippen LogP contribution is 2.54. The average molecular weight is 253 g/mol. The molecule has 0 aliphatic heterocycles. The second-order valence-corrected chi connectivity index (χ2v) is 4.52. The minimum Gasteiger partial charge on any atom is -0.387 e. The molecule has 0 bridgehead atoms. The molecule has 1 aromatic heterocycles. The summed E-state index contributed by atoms with van der Waals surface area (Å²) in [6.07, 6.45) is 4.10. The highest BCUT2D eigenvalue weighted by Gasteiger charge is 2.50. The van der Waals surface area contributed by atoms with Gasteiger partial charge in [0.1, 0.15) is 0 Å². The lowest BCUT2D eigenvalue weighted by Gasteiger charge is -2.14. The Labute approximate surface area is 90.5 Å². The number of aromatic nitrogens is 1. The Kier molecular flexibility index (Phi) is 2.30. The standard InChI is InChI=1S/C10H9BrN2O/c11-8-3-7(4-13-5-8)9(14)10(6-12)1-2-10/h3-5,9,14H,1-2H2. The van der Waals surface area contributed by atoms with Crippen LogP contribution in [0.15, 0.2) is 22.9 Å². The SMILES string of the molecule is N#CC1(C(O)c2cncc(Br)c2)CC1. The lowest BCUT2D eigenvalue weighted by molar-refractivity contribution is 0.122. The zero-order valence-corrected chi connectivity index (χ0v) is 9.03. The molecule has 1 N–H and O–H groups in total. The number of aliphatic hydroxyl groups is 1. The van der Waals surface area contributed by atoms with E-state index in [1.807, 2.05) is 0 Å². The molecule has 2 rings (SSSR count). The first-order valence-corrected chi connectivity index (χ1v) is 5.17. The van der Waals surface area contributed by atoms with E-state index in [0.29, 0.717) is 5.56 Å². The van der Waals surface area contributed by atoms with Crippen molar-refractivity contribution in [1.29, 1.82) is 5.26 Å². The maximum atomic E-state index is 9.95. The number of rotatable bonds is 2. The third-order valence-corrected chi connectivity index (χ3v) is 3.01. The predicted octanol–water partition coefficient (Wildman–Crippen LogP) is 2.18. The predicted molar refractivity (Wildman–Crippen MR) is 54.2 cm³/mol. The molecule has 1 fully saturated rings. The van der Waals surface area contributed by atoms with Crippen LogP contribution in [0.4, 0.5) is 0 Å². The molecule has 1 aliphatic rings. The van der Waals surface area contributed by atoms with Gasteiger partial charge >= 0.3 is 0 Å². The van der Waals surface area contributed by atoms with Crippen molar-refractivity contribution in [3.05, 3.63) is 28.5 Å². The van der Waals surface area contributed by atoms with E-state index in [1.165, 1.54) is 0 Å². The van der Waals surface area contributed by atoms with Crippen LogP contribution in [-0.4, -0.2) is 10.1 Å². The summed E-state index contributed by atoms with van der Waals surface area (Å²) in [7, 11) is 0. The number of aliphatic hydroxyl groups excluding tert-OH is 1. The van der Waals surface area contributed by atoms with Crippen LogP contribution in [0, 0.1) is 16.7 Å². The lowest BCUT2D eigenvalue weighted by atomic mass is 9.95. The minimum atomic E-state index is -0.711. The van der Waals surface area contributed by atoms with Gasteiger partial charge in [-0.15, -0.1) is 0 Å². The van der Waals surface area contributed by atoms with Gasteiger partial charge in [0.05, 0.1) is 17.6 Å². The van der Waals surface area contributed by atoms with Crippen LogP contribution >= 0.6 is 15.9 Å². The monoisotopic (exact) mass is 252 g/mol. The van der Waals surface area contributed by atoms with Gasteiger partial charge in [-0.2, -0.15) is 5.26 Å². The summed E-state index contributed by atoms with van der Waals surface area (Å²) >= 11 is 3.28. The molecule has 1 unspecified atom stereocenters. The molecule has 14 heavy (non-hydrogen) atoms. The number of pyridine rings is 1. The molecule has 0 aromatic carbocycles. The third-order valence-electron chi connectivity index (χ3n) is 2.58. The number of nitriles is 1. The molecule has 1 aromatic rings. The van der Waals surface area contributed by atoms with Crippen LogP contribution in [-0.2, 0) is 0 Å². The van der Waals surface area contributed by atoms with E-state index in [4.69, 9.17) is 5.26 Å². The summed E-state index contributed by atoms with van der Waals surface area (Å²) in [5, 5.41) is 18.9. The Hall–Kier alpha value is -0.920. The molecule has 4 heteroatoms. The molecule has 0 spiro atoms. The fraction of sp³-hybridized carbons (Fsp3) is 0.400. The van der Waals surface area contributed by atoms with E-state index < -0.39 is 11.5 Å². The van der Waals surface area contributed by atoms with Crippen molar-refractivity contribution in [2.45, 2.75) is 18.9 Å². The summed E-state index contributed by atoms with van der Waals surface area (Å²) in [5.41, 5.74) is 0.154. The first kappa shape index (κ1) is 9.63. The van der Waals surface area contributed by atoms with E-state index >= 15 is 0 Å². The van der Waals surface area contributed by atoms with Crippen LogP contribution in [0.2, 0.25) is 0 Å². The van der Waals surface area contributed by atoms with E-state index in [9.17, 15) is 5.11 Å². The summed E-state index contributed by atoms with van der Waals surface area (Å²) in [6.45, 7) is 0. The van der Waals surface area contributed by atoms with E-state index in [2.05, 4.69) is 27.0 Å². The topological polar surface area (TPSA) is 56.9 Å². The highest BCUT2D eigenvalue weighted by atomic mass is 79.9. The normalized spacial score (nSPS) is 19.8. The van der Waals surface area contributed by atoms with Gasteiger partial charge in [0.15, 0.2) is 0 Å². The molecular weight excluding hydrogens is 244 g/mol. The van der Waals surface area contributed by atoms with E-state index in [0.717, 1.165) is 17.3 Å². The number of hydrogen-bond acceptors (Lipinski definition) is 3. The van der Waals surface area contributed by atoms with Gasteiger partial charge in [-0.3, -0.25) is 4.98 Å². The Morgan fingerprint density at radius 2 is 2.29 bits per heavy atom. The van der Waals surface area contributed by atoms with Crippen LogP contribution in [0.1, 0.15) is 24.5 Å². The van der Waals surface area contributed by atoms with Gasteiger partial charge in [0.25, 0.3) is 0 Å². The zero-order chi connectivity index (χ0) is 10.2. The Morgan fingerprint density at radius 3 is 2.79 bits per heavy atom. The van der Waals surface area contributed by atoms with Crippen molar-refractivity contribution in [1.82, 2.24) is 4.98 Å². The zero-order valence-electron chi connectivity index (χ0n) is 7.44. The molecule has 1 heterocycles. The average Bonchev–Trinajstić information content (AvgIpc) is 2.97. The van der Waals surface area contributed by atoms with Crippen molar-refractivity contribution >= 4 is 15.9 Å². The Bertz CT molecular complexity index is 395. The largest absolute Gasteiger partial charge is 0.387 e. The first-order valence-electron chi connectivity index (χ1n) is 4.38. The number of hydrogen-bond donors (Lipinski definition) is 1. The Morgan fingerprint density at radius 1 is 1.57 bits per heavy atom. The summed E-state index contributed by atoms with van der Waals surface area (Å²) in [4.78, 5) is 3.96. The van der Waals surface area contributed by atoms with Crippen molar-refractivity contribution in [2.24, 2.45) is 5.41 Å². The lowest BCUT2D eigenvalue weighted by Crippen LogP contribution is -2.11. The molecular formula is C10H9BrN2O. The maximum Gasteiger partial charge on any atom is 0.0991 e. The van der Waals surface area contributed by atoms with Crippen molar-refractivity contribution in [2.75, 3.05) is 0 Å². The van der Waals surface area contributed by atoms with Crippen LogP contribution < -0.4 is 0 Å². The molecule has 0 radical (unpaired) electrons. The van der Waals surface area contributed by atoms with Crippen molar-refractivity contribution in [3.63, 3.8) is 0 Å². The molecule has 3 nitrogen and oxygen atoms in total. The number of nitrogens with zero attached hydrogens (tertiary/aromatic N) is 2. The smallest absolute Gasteiger partial charge is 0.0991 e. The fourth-order valence-electron chi connectivity index (χ4n) is 1.48. The molecule has 0 amide bonds. The quantitative estimate of drug-likeness (QED) is 0.878. The van der Waals surface area contributed by atoms with Gasteiger partial charge in [0.2, 0.25) is 0 Å². The summed E-state index contributed by atoms with van der Waals surface area (Å²) in [6, 6.07) is 3.98. The van der Waals surface area contributed by atoms with E-state index in [1.54, 1.807) is 18.5 Å². The minimum absolute atomic E-state index is 0.553. The molecule has 1 saturated carbocycles. The van der Waals surface area contributed by atoms with E-state index in [-0.39, 0.29) is 0 Å². The van der Waals surface area contributed by atoms with Gasteiger partial charge in [-0.25, -0.2) is 0 Å². The fourth-order valence-corrected chi connectivity index (χ4v) is 1.86. The molecule has 72 valence electrons. The molecule has 1 aliphatic carbocycles. The van der Waals surface area contributed by atoms with Crippen molar-refractivity contribution < 1.29 is 5.11 Å². The number of halogens is 1. The van der Waals surface area contributed by atoms with Crippen LogP contribution in [0.3, 0.4) is 0 Å². The van der Waals surface area contributed by atoms with Gasteiger partial charge in [-0.05, 0) is 34.8 Å². The van der Waals surface area contributed by atoms with Crippen molar-refractivity contribution in [3.8, 4) is 6.07 Å². The first-order chi connectivity index (χ1) is 6.68. The van der Waals surface area contributed by atoms with Gasteiger partial charge in [0, 0.05) is 22.4 Å². The van der Waals surface area contributed by atoms with Crippen LogP contribution in [0.5, 0.6) is 0 Å². The Balaban J connectivity index is 2.28. The summed E-state index contributed by atoms with van der Waals surface area (Å²) in [5.74, 6) is 0. The van der Waals surface area contributed by atoms with Crippen LogP contribution in [0.25, 0.3) is 0 Å².